The first-order valence-corrected chi connectivity index (χ1v) is 3.47. The number of aromatic amines is 1. The largest absolute Gasteiger partial charge is 0.415 e. The van der Waals surface area contributed by atoms with Crippen molar-refractivity contribution in [1.82, 2.24) is 20.4 Å². The summed E-state index contributed by atoms with van der Waals surface area (Å²) < 4.78 is 0. The third kappa shape index (κ3) is 2.17. The van der Waals surface area contributed by atoms with Crippen LogP contribution >= 0.6 is 12.2 Å². The van der Waals surface area contributed by atoms with Crippen molar-refractivity contribution < 1.29 is 5.11 Å². The van der Waals surface area contributed by atoms with Crippen molar-refractivity contribution in [2.75, 3.05) is 5.32 Å². The van der Waals surface area contributed by atoms with E-state index in [0.29, 0.717) is 5.82 Å². The summed E-state index contributed by atoms with van der Waals surface area (Å²) in [6.45, 7) is -0.197. The van der Waals surface area contributed by atoms with Gasteiger partial charge in [0.15, 0.2) is 10.9 Å². The summed E-state index contributed by atoms with van der Waals surface area (Å²) >= 11 is 4.68. The fraction of sp³-hybridized carbons (Fsp3) is 0.250. The van der Waals surface area contributed by atoms with Crippen LogP contribution in [-0.4, -0.2) is 33.4 Å². The summed E-state index contributed by atoms with van der Waals surface area (Å²) in [6, 6.07) is 0. The maximum atomic E-state index is 8.61. The molecule has 0 amide bonds. The predicted octanol–water partition coefficient (Wildman–Crippen LogP) is -1.33. The number of aromatic nitrogens is 3. The lowest BCUT2D eigenvalue weighted by Gasteiger charge is -2.00. The number of nitrogens with one attached hydrogen (secondary N) is 3. The lowest BCUT2D eigenvalue weighted by molar-refractivity contribution is 0.272. The number of hydrogen-bond acceptors (Lipinski definition) is 4. The molecule has 1 rings (SSSR count). The van der Waals surface area contributed by atoms with Gasteiger partial charge < -0.3 is 15.7 Å². The highest BCUT2D eigenvalue weighted by molar-refractivity contribution is 7.80. The Morgan fingerprint density at radius 1 is 1.75 bits per heavy atom. The molecule has 0 aliphatic rings. The van der Waals surface area contributed by atoms with E-state index in [4.69, 9.17) is 13.1 Å². The van der Waals surface area contributed by atoms with E-state index in [0.717, 1.165) is 0 Å². The Morgan fingerprint density at radius 3 is 3.00 bits per heavy atom. The van der Waals surface area contributed by atoms with Crippen LogP contribution in [0.5, 0.6) is 0 Å². The minimum Gasteiger partial charge on any atom is -0.415 e. The topological polar surface area (TPSA) is 85.9 Å². The molecule has 0 aromatic carbocycles. The molecule has 0 bridgehead atoms. The van der Waals surface area contributed by atoms with Gasteiger partial charge in [0.2, 0.25) is 13.9 Å². The van der Waals surface area contributed by atoms with E-state index in [1.54, 1.807) is 0 Å². The van der Waals surface area contributed by atoms with Crippen molar-refractivity contribution in [2.45, 2.75) is 6.61 Å². The van der Waals surface area contributed by atoms with Crippen LogP contribution in [0, 0.1) is 0 Å². The summed E-state index contributed by atoms with van der Waals surface area (Å²) in [7, 11) is 4.99. The normalized spacial score (nSPS) is 9.42. The van der Waals surface area contributed by atoms with Crippen LogP contribution in [-0.2, 0) is 6.61 Å². The monoisotopic (exact) mass is 183 g/mol. The maximum absolute atomic E-state index is 8.61. The van der Waals surface area contributed by atoms with E-state index in [1.807, 2.05) is 0 Å². The molecule has 12 heavy (non-hydrogen) atoms. The molecule has 62 valence electrons. The van der Waals surface area contributed by atoms with E-state index in [2.05, 4.69) is 37.9 Å². The van der Waals surface area contributed by atoms with Gasteiger partial charge in [-0.3, -0.25) is 5.10 Å². The quantitative estimate of drug-likeness (QED) is 0.335. The van der Waals surface area contributed by atoms with Gasteiger partial charge in [0.05, 0.1) is 0 Å². The number of aliphatic hydroxyl groups excluding tert-OH is 1. The number of anilines is 1. The Labute approximate surface area is 75.2 Å². The van der Waals surface area contributed by atoms with Gasteiger partial charge >= 0.3 is 0 Å². The summed E-state index contributed by atoms with van der Waals surface area (Å²) in [5.74, 6) is 0.624. The van der Waals surface area contributed by atoms with Crippen LogP contribution in [0.2, 0.25) is 0 Å². The van der Waals surface area contributed by atoms with Crippen LogP contribution in [0.15, 0.2) is 0 Å². The Hall–Kier alpha value is -1.15. The molecular formula is C4H6BN5OS. The second-order valence-electron chi connectivity index (χ2n) is 1.86. The van der Waals surface area contributed by atoms with Gasteiger partial charge in [0.25, 0.3) is 0 Å². The zero-order chi connectivity index (χ0) is 8.97. The molecule has 0 unspecified atom stereocenters. The van der Waals surface area contributed by atoms with Crippen molar-refractivity contribution in [1.29, 1.82) is 0 Å². The molecule has 1 aromatic heterocycles. The minimum absolute atomic E-state index is 0.197. The first-order chi connectivity index (χ1) is 5.76. The van der Waals surface area contributed by atoms with E-state index in [-0.39, 0.29) is 17.7 Å². The second kappa shape index (κ2) is 4.03. The summed E-state index contributed by atoms with van der Waals surface area (Å²) in [4.78, 5) is 3.81. The number of thiocarbonyl (C=S) groups is 1. The molecule has 0 saturated carbocycles. The molecule has 0 aliphatic heterocycles. The Morgan fingerprint density at radius 2 is 2.50 bits per heavy atom. The van der Waals surface area contributed by atoms with Gasteiger partial charge in [0.1, 0.15) is 6.61 Å². The van der Waals surface area contributed by atoms with Crippen LogP contribution < -0.4 is 10.5 Å². The number of nitrogens with zero attached hydrogens (tertiary/aromatic N) is 2. The molecule has 0 fully saturated rings. The molecule has 6 nitrogen and oxygen atoms in total. The first kappa shape index (κ1) is 8.95. The molecule has 1 heterocycles. The fourth-order valence-electron chi connectivity index (χ4n) is 0.560. The minimum atomic E-state index is -0.197. The smallest absolute Gasteiger partial charge is 0.248 e. The van der Waals surface area contributed by atoms with Crippen molar-refractivity contribution in [3.8, 4) is 0 Å². The van der Waals surface area contributed by atoms with E-state index < -0.39 is 0 Å². The first-order valence-electron chi connectivity index (χ1n) is 3.06. The molecule has 2 radical (unpaired) electrons. The van der Waals surface area contributed by atoms with E-state index >= 15 is 0 Å². The highest BCUT2D eigenvalue weighted by Gasteiger charge is 2.01. The molecule has 0 spiro atoms. The molecule has 8 heteroatoms. The average molecular weight is 183 g/mol. The van der Waals surface area contributed by atoms with Gasteiger partial charge in [-0.25, -0.2) is 0 Å². The van der Waals surface area contributed by atoms with Gasteiger partial charge in [-0.05, 0) is 12.2 Å². The zero-order valence-corrected chi connectivity index (χ0v) is 6.85. The van der Waals surface area contributed by atoms with Crippen LogP contribution in [0.25, 0.3) is 0 Å². The van der Waals surface area contributed by atoms with Crippen LogP contribution in [0.1, 0.15) is 5.82 Å². The fourth-order valence-corrected chi connectivity index (χ4v) is 0.651. The van der Waals surface area contributed by atoms with E-state index in [9.17, 15) is 0 Å². The number of aliphatic hydroxyl groups is 1. The van der Waals surface area contributed by atoms with Gasteiger partial charge in [-0.2, -0.15) is 4.98 Å². The predicted molar refractivity (Wildman–Crippen MR) is 47.4 cm³/mol. The molecular weight excluding hydrogens is 177 g/mol. The summed E-state index contributed by atoms with van der Waals surface area (Å²) in [6.07, 6.45) is 0. The lowest BCUT2D eigenvalue weighted by Crippen LogP contribution is -2.26. The second-order valence-corrected chi connectivity index (χ2v) is 2.27. The Bertz CT molecular complexity index is 276. The van der Waals surface area contributed by atoms with Crippen molar-refractivity contribution >= 4 is 31.3 Å². The standard InChI is InChI=1S/C4H6BN5OS/c5-8-4(12)7-3-6-2(1-11)9-10-3/h11H,1H2,(H3,6,7,8,9,10,12). The number of H-pyrrole nitrogens is 1. The van der Waals surface area contributed by atoms with Gasteiger partial charge in [0, 0.05) is 0 Å². The van der Waals surface area contributed by atoms with Crippen LogP contribution in [0.4, 0.5) is 5.95 Å². The molecule has 0 aliphatic carbocycles. The SMILES string of the molecule is [B]NC(=S)Nc1n[nH]c(CO)n1. The molecule has 4 N–H and O–H groups in total. The number of rotatable bonds is 2. The van der Waals surface area contributed by atoms with E-state index in [1.165, 1.54) is 0 Å². The molecule has 0 saturated heterocycles. The average Bonchev–Trinajstić information content (AvgIpc) is 2.52. The van der Waals surface area contributed by atoms with Crippen molar-refractivity contribution in [3.63, 3.8) is 0 Å². The number of hydrogen-bond donors (Lipinski definition) is 4. The summed E-state index contributed by atoms with van der Waals surface area (Å²) in [5, 5.41) is 19.8. The zero-order valence-electron chi connectivity index (χ0n) is 6.03. The van der Waals surface area contributed by atoms with Gasteiger partial charge in [-0.15, -0.1) is 5.10 Å². The van der Waals surface area contributed by atoms with Crippen molar-refractivity contribution in [2.24, 2.45) is 0 Å². The third-order valence-electron chi connectivity index (χ3n) is 1.04. The van der Waals surface area contributed by atoms with Crippen LogP contribution in [0.3, 0.4) is 0 Å². The highest BCUT2D eigenvalue weighted by atomic mass is 32.1. The Kier molecular flexibility index (Phi) is 3.00. The molecule has 1 aromatic rings. The summed E-state index contributed by atoms with van der Waals surface area (Å²) in [5.41, 5.74) is 0. The highest BCUT2D eigenvalue weighted by Crippen LogP contribution is 1.96. The lowest BCUT2D eigenvalue weighted by atomic mass is 10.4. The Balaban J connectivity index is 2.58. The van der Waals surface area contributed by atoms with Gasteiger partial charge in [-0.1, -0.05) is 0 Å². The third-order valence-corrected chi connectivity index (χ3v) is 1.26. The molecule has 0 atom stereocenters. The van der Waals surface area contributed by atoms with Crippen molar-refractivity contribution in [3.05, 3.63) is 5.82 Å². The maximum Gasteiger partial charge on any atom is 0.248 e.